The molecule has 0 fully saturated rings. The number of amides is 1. The molecule has 0 saturated heterocycles. The first-order valence-electron chi connectivity index (χ1n) is 5.95. The average Bonchev–Trinajstić information content (AvgIpc) is 2.45. The number of benzene rings is 1. The molecule has 18 heavy (non-hydrogen) atoms. The lowest BCUT2D eigenvalue weighted by molar-refractivity contribution is -0.118. The molecule has 1 heterocycles. The van der Waals surface area contributed by atoms with Gasteiger partial charge in [0.2, 0.25) is 5.91 Å². The molecule has 0 saturated carbocycles. The summed E-state index contributed by atoms with van der Waals surface area (Å²) in [4.78, 5) is 16.7. The molecule has 1 aliphatic heterocycles. The standard InChI is InChI=1S/C13H17FN2OS/c1-15(2)6-7-16-11-4-3-10(14)9-12(11)18-8-5-13(16)17/h3-4,9H,5-8H2,1-2H3. The molecule has 0 bridgehead atoms. The van der Waals surface area contributed by atoms with Crippen molar-refractivity contribution in [1.29, 1.82) is 0 Å². The number of anilines is 1. The molecular formula is C13H17FN2OS. The SMILES string of the molecule is CN(C)CCN1C(=O)CCSc2cc(F)ccc21. The van der Waals surface area contributed by atoms with E-state index in [2.05, 4.69) is 0 Å². The minimum atomic E-state index is -0.247. The van der Waals surface area contributed by atoms with Crippen LogP contribution < -0.4 is 4.90 Å². The maximum atomic E-state index is 13.2. The van der Waals surface area contributed by atoms with Crippen molar-refractivity contribution in [3.63, 3.8) is 0 Å². The number of hydrogen-bond acceptors (Lipinski definition) is 3. The van der Waals surface area contributed by atoms with Gasteiger partial charge in [0.05, 0.1) is 5.69 Å². The van der Waals surface area contributed by atoms with Crippen LogP contribution in [0.4, 0.5) is 10.1 Å². The summed E-state index contributed by atoms with van der Waals surface area (Å²) in [7, 11) is 3.95. The lowest BCUT2D eigenvalue weighted by Crippen LogP contribution is -2.36. The molecule has 0 aliphatic carbocycles. The van der Waals surface area contributed by atoms with Crippen LogP contribution in [0.25, 0.3) is 0 Å². The Labute approximate surface area is 111 Å². The Kier molecular flexibility index (Phi) is 4.24. The first kappa shape index (κ1) is 13.4. The molecule has 0 N–H and O–H groups in total. The minimum absolute atomic E-state index is 0.120. The van der Waals surface area contributed by atoms with Gasteiger partial charge >= 0.3 is 0 Å². The fraction of sp³-hybridized carbons (Fsp3) is 0.462. The van der Waals surface area contributed by atoms with E-state index in [0.29, 0.717) is 18.7 Å². The maximum Gasteiger partial charge on any atom is 0.227 e. The molecule has 2 rings (SSSR count). The Bertz CT molecular complexity index is 451. The zero-order chi connectivity index (χ0) is 13.1. The highest BCUT2D eigenvalue weighted by atomic mass is 32.2. The highest BCUT2D eigenvalue weighted by Gasteiger charge is 2.22. The van der Waals surface area contributed by atoms with Crippen LogP contribution in [0.3, 0.4) is 0 Å². The Morgan fingerprint density at radius 1 is 1.44 bits per heavy atom. The van der Waals surface area contributed by atoms with Crippen LogP contribution in [0.5, 0.6) is 0 Å². The van der Waals surface area contributed by atoms with Gasteiger partial charge in [0.1, 0.15) is 5.82 Å². The molecule has 3 nitrogen and oxygen atoms in total. The minimum Gasteiger partial charge on any atom is -0.310 e. The molecule has 0 aromatic heterocycles. The van der Waals surface area contributed by atoms with E-state index in [1.165, 1.54) is 12.1 Å². The number of fused-ring (bicyclic) bond motifs is 1. The lowest BCUT2D eigenvalue weighted by Gasteiger charge is -2.24. The first-order valence-corrected chi connectivity index (χ1v) is 6.94. The number of halogens is 1. The maximum absolute atomic E-state index is 13.2. The van der Waals surface area contributed by atoms with Gasteiger partial charge in [-0.05, 0) is 32.3 Å². The monoisotopic (exact) mass is 268 g/mol. The third kappa shape index (κ3) is 3.03. The van der Waals surface area contributed by atoms with Gasteiger partial charge in [0.15, 0.2) is 0 Å². The van der Waals surface area contributed by atoms with E-state index in [1.54, 1.807) is 22.7 Å². The van der Waals surface area contributed by atoms with Crippen LogP contribution in [0.2, 0.25) is 0 Å². The molecule has 0 atom stereocenters. The second-order valence-electron chi connectivity index (χ2n) is 4.56. The number of nitrogens with zero attached hydrogens (tertiary/aromatic N) is 2. The normalized spacial score (nSPS) is 15.8. The Morgan fingerprint density at radius 2 is 2.22 bits per heavy atom. The van der Waals surface area contributed by atoms with Crippen molar-refractivity contribution in [3.8, 4) is 0 Å². The highest BCUT2D eigenvalue weighted by Crippen LogP contribution is 2.34. The van der Waals surface area contributed by atoms with E-state index in [1.807, 2.05) is 19.0 Å². The Morgan fingerprint density at radius 3 is 2.94 bits per heavy atom. The summed E-state index contributed by atoms with van der Waals surface area (Å²) in [6.45, 7) is 1.44. The molecule has 0 unspecified atom stereocenters. The van der Waals surface area contributed by atoms with Crippen molar-refractivity contribution in [1.82, 2.24) is 4.90 Å². The summed E-state index contributed by atoms with van der Waals surface area (Å²) >= 11 is 1.55. The van der Waals surface area contributed by atoms with Crippen molar-refractivity contribution in [2.45, 2.75) is 11.3 Å². The van der Waals surface area contributed by atoms with Gasteiger partial charge in [-0.2, -0.15) is 0 Å². The predicted octanol–water partition coefficient (Wildman–Crippen LogP) is 2.22. The van der Waals surface area contributed by atoms with Crippen LogP contribution in [-0.4, -0.2) is 43.7 Å². The van der Waals surface area contributed by atoms with Crippen molar-refractivity contribution < 1.29 is 9.18 Å². The van der Waals surface area contributed by atoms with Crippen molar-refractivity contribution >= 4 is 23.4 Å². The molecule has 1 amide bonds. The van der Waals surface area contributed by atoms with E-state index in [4.69, 9.17) is 0 Å². The summed E-state index contributed by atoms with van der Waals surface area (Å²) in [5.74, 6) is 0.589. The van der Waals surface area contributed by atoms with Gasteiger partial charge in [-0.1, -0.05) is 0 Å². The van der Waals surface area contributed by atoms with Gasteiger partial charge < -0.3 is 9.80 Å². The summed E-state index contributed by atoms with van der Waals surface area (Å²) < 4.78 is 13.2. The van der Waals surface area contributed by atoms with Gasteiger partial charge in [0, 0.05) is 30.2 Å². The van der Waals surface area contributed by atoms with Crippen molar-refractivity contribution in [2.75, 3.05) is 37.8 Å². The topological polar surface area (TPSA) is 23.6 Å². The second-order valence-corrected chi connectivity index (χ2v) is 5.70. The van der Waals surface area contributed by atoms with E-state index >= 15 is 0 Å². The number of carbonyl (C=O) groups excluding carboxylic acids is 1. The fourth-order valence-corrected chi connectivity index (χ4v) is 2.91. The molecular weight excluding hydrogens is 251 g/mol. The Balaban J connectivity index is 2.28. The number of rotatable bonds is 3. The second kappa shape index (κ2) is 5.71. The molecule has 1 aromatic rings. The molecule has 1 aliphatic rings. The van der Waals surface area contributed by atoms with Crippen molar-refractivity contribution in [2.24, 2.45) is 0 Å². The average molecular weight is 268 g/mol. The van der Waals surface area contributed by atoms with Gasteiger partial charge in [-0.25, -0.2) is 4.39 Å². The zero-order valence-electron chi connectivity index (χ0n) is 10.6. The molecule has 0 spiro atoms. The number of carbonyl (C=O) groups is 1. The summed E-state index contributed by atoms with van der Waals surface area (Å²) in [5, 5.41) is 0. The third-order valence-corrected chi connectivity index (χ3v) is 3.90. The first-order chi connectivity index (χ1) is 8.58. The number of thioether (sulfide) groups is 1. The smallest absolute Gasteiger partial charge is 0.227 e. The van der Waals surface area contributed by atoms with E-state index < -0.39 is 0 Å². The number of hydrogen-bond donors (Lipinski definition) is 0. The summed E-state index contributed by atoms with van der Waals surface area (Å²) in [5.41, 5.74) is 0.839. The van der Waals surface area contributed by atoms with Gasteiger partial charge in [0.25, 0.3) is 0 Å². The zero-order valence-corrected chi connectivity index (χ0v) is 11.5. The predicted molar refractivity (Wildman–Crippen MR) is 72.6 cm³/mol. The largest absolute Gasteiger partial charge is 0.310 e. The molecule has 5 heteroatoms. The van der Waals surface area contributed by atoms with Crippen LogP contribution >= 0.6 is 11.8 Å². The molecule has 98 valence electrons. The fourth-order valence-electron chi connectivity index (χ4n) is 1.89. The third-order valence-electron chi connectivity index (χ3n) is 2.86. The quantitative estimate of drug-likeness (QED) is 0.840. The van der Waals surface area contributed by atoms with Gasteiger partial charge in [-0.3, -0.25) is 4.79 Å². The highest BCUT2D eigenvalue weighted by molar-refractivity contribution is 7.99. The van der Waals surface area contributed by atoms with Crippen LogP contribution in [0.1, 0.15) is 6.42 Å². The van der Waals surface area contributed by atoms with Crippen LogP contribution in [-0.2, 0) is 4.79 Å². The van der Waals surface area contributed by atoms with E-state index in [-0.39, 0.29) is 11.7 Å². The lowest BCUT2D eigenvalue weighted by atomic mass is 10.2. The summed E-state index contributed by atoms with van der Waals surface area (Å²) in [6.07, 6.45) is 0.508. The van der Waals surface area contributed by atoms with Crippen LogP contribution in [0.15, 0.2) is 23.1 Å². The van der Waals surface area contributed by atoms with Gasteiger partial charge in [-0.15, -0.1) is 11.8 Å². The van der Waals surface area contributed by atoms with Crippen LogP contribution in [0, 0.1) is 5.82 Å². The molecule has 1 aromatic carbocycles. The number of likely N-dealkylation sites (N-methyl/N-ethyl adjacent to an activating group) is 1. The van der Waals surface area contributed by atoms with E-state index in [9.17, 15) is 9.18 Å². The van der Waals surface area contributed by atoms with Crippen molar-refractivity contribution in [3.05, 3.63) is 24.0 Å². The Hall–Kier alpha value is -1.07. The summed E-state index contributed by atoms with van der Waals surface area (Å²) in [6, 6.07) is 4.64. The van der Waals surface area contributed by atoms with E-state index in [0.717, 1.165) is 17.1 Å². The molecule has 0 radical (unpaired) electrons.